The lowest BCUT2D eigenvalue weighted by Gasteiger charge is -2.39. The maximum atomic E-state index is 6.15. The molecular formula is C13H21ClN4. The van der Waals surface area contributed by atoms with Crippen molar-refractivity contribution in [3.8, 4) is 0 Å². The molecule has 0 bridgehead atoms. The molecule has 4 nitrogen and oxygen atoms in total. The second kappa shape index (κ2) is 5.31. The molecule has 1 atom stereocenters. The van der Waals surface area contributed by atoms with Crippen LogP contribution in [-0.2, 0) is 0 Å². The Labute approximate surface area is 114 Å². The zero-order chi connectivity index (χ0) is 13.2. The molecule has 18 heavy (non-hydrogen) atoms. The number of anilines is 2. The van der Waals surface area contributed by atoms with Crippen LogP contribution in [0.15, 0.2) is 6.20 Å². The second-order valence-corrected chi connectivity index (χ2v) is 5.98. The highest BCUT2D eigenvalue weighted by Gasteiger charge is 2.32. The summed E-state index contributed by atoms with van der Waals surface area (Å²) in [5, 5.41) is 7.00. The van der Waals surface area contributed by atoms with Gasteiger partial charge in [-0.15, -0.1) is 0 Å². The lowest BCUT2D eigenvalue weighted by molar-refractivity contribution is 0.216. The molecule has 0 radical (unpaired) electrons. The van der Waals surface area contributed by atoms with Crippen LogP contribution in [0, 0.1) is 5.41 Å². The van der Waals surface area contributed by atoms with Gasteiger partial charge in [-0.25, -0.2) is 4.98 Å². The smallest absolute Gasteiger partial charge is 0.224 e. The number of rotatable bonds is 3. The summed E-state index contributed by atoms with van der Waals surface area (Å²) in [6.07, 6.45) is 6.63. The molecule has 2 rings (SSSR count). The molecule has 1 saturated carbocycles. The maximum absolute atomic E-state index is 6.15. The molecule has 5 heteroatoms. The van der Waals surface area contributed by atoms with Crippen molar-refractivity contribution in [3.05, 3.63) is 11.2 Å². The highest BCUT2D eigenvalue weighted by molar-refractivity contribution is 6.32. The van der Waals surface area contributed by atoms with E-state index in [2.05, 4.69) is 34.4 Å². The van der Waals surface area contributed by atoms with Crippen LogP contribution >= 0.6 is 11.6 Å². The summed E-state index contributed by atoms with van der Waals surface area (Å²) >= 11 is 6.15. The molecule has 1 fully saturated rings. The van der Waals surface area contributed by atoms with Crippen LogP contribution in [0.4, 0.5) is 11.8 Å². The fraction of sp³-hybridized carbons (Fsp3) is 0.692. The summed E-state index contributed by atoms with van der Waals surface area (Å²) in [6.45, 7) is 4.61. The van der Waals surface area contributed by atoms with Crippen LogP contribution in [0.1, 0.15) is 39.5 Å². The van der Waals surface area contributed by atoms with Crippen molar-refractivity contribution >= 4 is 23.4 Å². The molecule has 0 saturated heterocycles. The average molecular weight is 269 g/mol. The fourth-order valence-corrected chi connectivity index (χ4v) is 2.66. The topological polar surface area (TPSA) is 49.8 Å². The zero-order valence-corrected chi connectivity index (χ0v) is 12.0. The van der Waals surface area contributed by atoms with Crippen LogP contribution in [0.5, 0.6) is 0 Å². The average Bonchev–Trinajstić information content (AvgIpc) is 2.34. The van der Waals surface area contributed by atoms with Crippen molar-refractivity contribution < 1.29 is 0 Å². The Morgan fingerprint density at radius 1 is 1.39 bits per heavy atom. The highest BCUT2D eigenvalue weighted by atomic mass is 35.5. The summed E-state index contributed by atoms with van der Waals surface area (Å²) in [7, 11) is 1.80. The van der Waals surface area contributed by atoms with Crippen molar-refractivity contribution in [3.63, 3.8) is 0 Å². The third-order valence-corrected chi connectivity index (χ3v) is 4.06. The van der Waals surface area contributed by atoms with Crippen molar-refractivity contribution in [2.24, 2.45) is 5.41 Å². The van der Waals surface area contributed by atoms with E-state index >= 15 is 0 Å². The Balaban J connectivity index is 2.17. The van der Waals surface area contributed by atoms with Crippen LogP contribution in [-0.4, -0.2) is 23.1 Å². The minimum absolute atomic E-state index is 0.284. The predicted octanol–water partition coefficient (Wildman–Crippen LogP) is 3.55. The molecule has 1 aliphatic rings. The van der Waals surface area contributed by atoms with Crippen LogP contribution in [0.25, 0.3) is 0 Å². The molecule has 1 aliphatic carbocycles. The van der Waals surface area contributed by atoms with Crippen LogP contribution in [0.2, 0.25) is 5.02 Å². The number of halogens is 1. The van der Waals surface area contributed by atoms with E-state index in [9.17, 15) is 0 Å². The monoisotopic (exact) mass is 268 g/mol. The molecular weight excluding hydrogens is 248 g/mol. The first-order chi connectivity index (χ1) is 8.53. The lowest BCUT2D eigenvalue weighted by Crippen LogP contribution is -2.39. The van der Waals surface area contributed by atoms with Gasteiger partial charge in [0.1, 0.15) is 5.02 Å². The molecule has 2 N–H and O–H groups in total. The van der Waals surface area contributed by atoms with Gasteiger partial charge >= 0.3 is 0 Å². The van der Waals surface area contributed by atoms with E-state index in [0.717, 1.165) is 5.82 Å². The summed E-state index contributed by atoms with van der Waals surface area (Å²) in [6, 6.07) is 0.420. The first-order valence-electron chi connectivity index (χ1n) is 6.50. The Hall–Kier alpha value is -1.03. The van der Waals surface area contributed by atoms with Gasteiger partial charge in [0.15, 0.2) is 5.82 Å². The quantitative estimate of drug-likeness (QED) is 0.880. The first-order valence-corrected chi connectivity index (χ1v) is 6.87. The largest absolute Gasteiger partial charge is 0.365 e. The third-order valence-electron chi connectivity index (χ3n) is 3.79. The van der Waals surface area contributed by atoms with Gasteiger partial charge in [-0.1, -0.05) is 38.3 Å². The van der Waals surface area contributed by atoms with Crippen LogP contribution < -0.4 is 10.6 Å². The molecule has 0 aromatic carbocycles. The molecule has 1 heterocycles. The van der Waals surface area contributed by atoms with Gasteiger partial charge in [0, 0.05) is 13.1 Å². The number of aromatic nitrogens is 2. The van der Waals surface area contributed by atoms with Gasteiger partial charge in [-0.2, -0.15) is 4.98 Å². The highest BCUT2D eigenvalue weighted by Crippen LogP contribution is 2.37. The summed E-state index contributed by atoms with van der Waals surface area (Å²) < 4.78 is 0. The van der Waals surface area contributed by atoms with Gasteiger partial charge < -0.3 is 10.6 Å². The Morgan fingerprint density at radius 2 is 2.17 bits per heavy atom. The summed E-state index contributed by atoms with van der Waals surface area (Å²) in [5.74, 6) is 1.33. The van der Waals surface area contributed by atoms with Crippen LogP contribution in [0.3, 0.4) is 0 Å². The molecule has 0 amide bonds. The van der Waals surface area contributed by atoms with Gasteiger partial charge in [-0.3, -0.25) is 0 Å². The number of hydrogen-bond acceptors (Lipinski definition) is 4. The van der Waals surface area contributed by atoms with E-state index < -0.39 is 0 Å². The summed E-state index contributed by atoms with van der Waals surface area (Å²) in [5.41, 5.74) is 0.284. The number of nitrogens with zero attached hydrogens (tertiary/aromatic N) is 2. The van der Waals surface area contributed by atoms with E-state index in [1.165, 1.54) is 25.7 Å². The fourth-order valence-electron chi connectivity index (χ4n) is 2.52. The Morgan fingerprint density at radius 3 is 2.83 bits per heavy atom. The number of hydrogen-bond donors (Lipinski definition) is 2. The molecule has 100 valence electrons. The van der Waals surface area contributed by atoms with Gasteiger partial charge in [0.25, 0.3) is 0 Å². The van der Waals surface area contributed by atoms with E-state index in [4.69, 9.17) is 11.6 Å². The minimum Gasteiger partial charge on any atom is -0.365 e. The van der Waals surface area contributed by atoms with E-state index in [1.54, 1.807) is 13.2 Å². The van der Waals surface area contributed by atoms with Crippen molar-refractivity contribution in [1.29, 1.82) is 0 Å². The van der Waals surface area contributed by atoms with Gasteiger partial charge in [0.05, 0.1) is 6.20 Å². The predicted molar refractivity (Wildman–Crippen MR) is 76.2 cm³/mol. The van der Waals surface area contributed by atoms with E-state index in [-0.39, 0.29) is 5.41 Å². The van der Waals surface area contributed by atoms with Crippen molar-refractivity contribution in [1.82, 2.24) is 9.97 Å². The van der Waals surface area contributed by atoms with Crippen molar-refractivity contribution in [2.75, 3.05) is 17.7 Å². The zero-order valence-electron chi connectivity index (χ0n) is 11.3. The molecule has 1 aromatic heterocycles. The second-order valence-electron chi connectivity index (χ2n) is 5.57. The molecule has 1 unspecified atom stereocenters. The minimum atomic E-state index is 0.284. The van der Waals surface area contributed by atoms with Gasteiger partial charge in [0.2, 0.25) is 5.95 Å². The third kappa shape index (κ3) is 2.86. The number of nitrogens with one attached hydrogen (secondary N) is 2. The first kappa shape index (κ1) is 13.4. The molecule has 0 aliphatic heterocycles. The summed E-state index contributed by atoms with van der Waals surface area (Å²) in [4.78, 5) is 8.48. The lowest BCUT2D eigenvalue weighted by atomic mass is 9.73. The van der Waals surface area contributed by atoms with E-state index in [0.29, 0.717) is 17.0 Å². The molecule has 0 spiro atoms. The van der Waals surface area contributed by atoms with Crippen molar-refractivity contribution in [2.45, 2.75) is 45.6 Å². The SMILES string of the molecule is CNc1ncc(Cl)c(NC2CCCCC2(C)C)n1. The maximum Gasteiger partial charge on any atom is 0.224 e. The van der Waals surface area contributed by atoms with Gasteiger partial charge in [-0.05, 0) is 18.3 Å². The van der Waals surface area contributed by atoms with E-state index in [1.807, 2.05) is 0 Å². The Kier molecular flexibility index (Phi) is 3.95. The normalized spacial score (nSPS) is 22.6. The molecule has 1 aromatic rings. The standard InChI is InChI=1S/C13H21ClN4/c1-13(2)7-5-4-6-10(13)17-11-9(14)8-16-12(15-3)18-11/h8,10H,4-7H2,1-3H3,(H2,15,16,17,18). The Bertz CT molecular complexity index is 419.